The maximum Gasteiger partial charge on any atom is 0.129 e. The van der Waals surface area contributed by atoms with Crippen LogP contribution in [0.15, 0.2) is 18.2 Å². The van der Waals surface area contributed by atoms with Gasteiger partial charge in [-0.15, -0.1) is 0 Å². The minimum absolute atomic E-state index is 0.245. The van der Waals surface area contributed by atoms with Crippen LogP contribution in [-0.2, 0) is 0 Å². The molecule has 0 aromatic heterocycles. The van der Waals surface area contributed by atoms with Crippen LogP contribution in [0, 0.1) is 42.3 Å². The maximum atomic E-state index is 13.8. The van der Waals surface area contributed by atoms with E-state index in [0.717, 1.165) is 17.4 Å². The van der Waals surface area contributed by atoms with Gasteiger partial charge in [-0.1, -0.05) is 17.7 Å². The molecule has 3 aliphatic rings. The van der Waals surface area contributed by atoms with Crippen molar-refractivity contribution in [1.82, 2.24) is 0 Å². The molecule has 1 aromatic rings. The first kappa shape index (κ1) is 11.0. The van der Waals surface area contributed by atoms with Gasteiger partial charge in [-0.3, -0.25) is 0 Å². The van der Waals surface area contributed by atoms with Crippen LogP contribution in [0.5, 0.6) is 0 Å². The van der Waals surface area contributed by atoms with Crippen molar-refractivity contribution in [3.8, 4) is 0 Å². The molecule has 18 heavy (non-hydrogen) atoms. The molecule has 0 saturated heterocycles. The number of aryl methyl sites for hydroxylation is 1. The van der Waals surface area contributed by atoms with E-state index in [-0.39, 0.29) is 5.82 Å². The van der Waals surface area contributed by atoms with Crippen molar-refractivity contribution in [2.24, 2.45) is 29.6 Å². The van der Waals surface area contributed by atoms with Gasteiger partial charge in [-0.2, -0.15) is 0 Å². The fourth-order valence-corrected chi connectivity index (χ4v) is 4.91. The van der Waals surface area contributed by atoms with Crippen molar-refractivity contribution in [2.45, 2.75) is 32.3 Å². The minimum atomic E-state index is -0.580. The van der Waals surface area contributed by atoms with Gasteiger partial charge in [0.1, 0.15) is 5.82 Å². The first-order valence-corrected chi connectivity index (χ1v) is 7.11. The van der Waals surface area contributed by atoms with Gasteiger partial charge in [0.2, 0.25) is 0 Å². The van der Waals surface area contributed by atoms with Crippen molar-refractivity contribution >= 4 is 0 Å². The molecule has 1 N–H and O–H groups in total. The molecule has 1 aromatic carbocycles. The fraction of sp³-hybridized carbons (Fsp3) is 0.625. The van der Waals surface area contributed by atoms with Crippen LogP contribution in [-0.4, -0.2) is 5.11 Å². The van der Waals surface area contributed by atoms with Gasteiger partial charge in [0.25, 0.3) is 0 Å². The normalized spacial score (nSPS) is 41.8. The highest BCUT2D eigenvalue weighted by Gasteiger charge is 2.66. The van der Waals surface area contributed by atoms with Crippen molar-refractivity contribution < 1.29 is 9.50 Å². The zero-order valence-electron chi connectivity index (χ0n) is 10.6. The molecule has 0 amide bonds. The summed E-state index contributed by atoms with van der Waals surface area (Å²) in [4.78, 5) is 0. The van der Waals surface area contributed by atoms with Crippen molar-refractivity contribution in [3.63, 3.8) is 0 Å². The van der Waals surface area contributed by atoms with Crippen LogP contribution in [0.2, 0.25) is 0 Å². The molecular formula is C16H19FO. The summed E-state index contributed by atoms with van der Waals surface area (Å²) < 4.78 is 13.8. The van der Waals surface area contributed by atoms with E-state index < -0.39 is 6.10 Å². The van der Waals surface area contributed by atoms with Crippen molar-refractivity contribution in [2.75, 3.05) is 0 Å². The van der Waals surface area contributed by atoms with Gasteiger partial charge in [0.05, 0.1) is 6.10 Å². The molecule has 4 rings (SSSR count). The van der Waals surface area contributed by atoms with E-state index in [0.29, 0.717) is 23.3 Å². The number of halogens is 1. The topological polar surface area (TPSA) is 20.2 Å². The molecule has 0 aliphatic heterocycles. The number of aliphatic hydroxyl groups excluding tert-OH is 1. The SMILES string of the molecule is Cc1ccc(F)c(C(O)C2C3C4CCC(C4)C32)c1. The number of benzene rings is 1. The molecule has 2 heteroatoms. The Balaban J connectivity index is 1.61. The smallest absolute Gasteiger partial charge is 0.129 e. The monoisotopic (exact) mass is 246 g/mol. The zero-order valence-corrected chi connectivity index (χ0v) is 10.6. The Labute approximate surface area is 107 Å². The van der Waals surface area contributed by atoms with Gasteiger partial charge in [0.15, 0.2) is 0 Å². The van der Waals surface area contributed by atoms with Crippen LogP contribution in [0.3, 0.4) is 0 Å². The van der Waals surface area contributed by atoms with Crippen LogP contribution in [0.25, 0.3) is 0 Å². The van der Waals surface area contributed by atoms with E-state index in [1.54, 1.807) is 6.07 Å². The molecule has 0 radical (unpaired) electrons. The highest BCUT2D eigenvalue weighted by atomic mass is 19.1. The van der Waals surface area contributed by atoms with Crippen LogP contribution < -0.4 is 0 Å². The number of hydrogen-bond donors (Lipinski definition) is 1. The Morgan fingerprint density at radius 3 is 2.56 bits per heavy atom. The number of rotatable bonds is 2. The average molecular weight is 246 g/mol. The van der Waals surface area contributed by atoms with E-state index in [9.17, 15) is 9.50 Å². The number of hydrogen-bond acceptors (Lipinski definition) is 1. The van der Waals surface area contributed by atoms with Gasteiger partial charge < -0.3 is 5.11 Å². The predicted molar refractivity (Wildman–Crippen MR) is 67.4 cm³/mol. The Morgan fingerprint density at radius 1 is 1.22 bits per heavy atom. The van der Waals surface area contributed by atoms with E-state index in [4.69, 9.17) is 0 Å². The quantitative estimate of drug-likeness (QED) is 0.847. The summed E-state index contributed by atoms with van der Waals surface area (Å²) >= 11 is 0. The average Bonchev–Trinajstić information content (AvgIpc) is 2.79. The lowest BCUT2D eigenvalue weighted by Crippen LogP contribution is -2.10. The highest BCUT2D eigenvalue weighted by molar-refractivity contribution is 5.29. The zero-order chi connectivity index (χ0) is 12.4. The van der Waals surface area contributed by atoms with Crippen molar-refractivity contribution in [1.29, 1.82) is 0 Å². The summed E-state index contributed by atoms with van der Waals surface area (Å²) in [7, 11) is 0. The minimum Gasteiger partial charge on any atom is -0.388 e. The summed E-state index contributed by atoms with van der Waals surface area (Å²) in [6, 6.07) is 5.07. The van der Waals surface area contributed by atoms with Gasteiger partial charge in [-0.25, -0.2) is 4.39 Å². The summed E-state index contributed by atoms with van der Waals surface area (Å²) in [5.74, 6) is 3.13. The van der Waals surface area contributed by atoms with Crippen LogP contribution >= 0.6 is 0 Å². The molecule has 96 valence electrons. The molecule has 3 fully saturated rings. The Bertz CT molecular complexity index is 482. The molecule has 1 nitrogen and oxygen atoms in total. The van der Waals surface area contributed by atoms with Gasteiger partial charge in [-0.05, 0) is 61.8 Å². The fourth-order valence-electron chi connectivity index (χ4n) is 4.91. The molecule has 3 aliphatic carbocycles. The maximum absolute atomic E-state index is 13.8. The van der Waals surface area contributed by atoms with Crippen LogP contribution in [0.1, 0.15) is 36.5 Å². The third kappa shape index (κ3) is 1.36. The first-order valence-electron chi connectivity index (χ1n) is 7.11. The second-order valence-electron chi connectivity index (χ2n) is 6.54. The second kappa shape index (κ2) is 3.57. The number of aliphatic hydroxyl groups is 1. The third-order valence-electron chi connectivity index (χ3n) is 5.63. The first-order chi connectivity index (χ1) is 8.66. The van der Waals surface area contributed by atoms with E-state index in [1.807, 2.05) is 13.0 Å². The number of fused-ring (bicyclic) bond motifs is 5. The molecule has 5 atom stereocenters. The standard InChI is InChI=1S/C16H19FO/c1-8-2-5-12(17)11(6-8)16(18)15-13-9-3-4-10(7-9)14(13)15/h2,5-6,9-10,13-16,18H,3-4,7H2,1H3. The highest BCUT2D eigenvalue weighted by Crippen LogP contribution is 2.72. The predicted octanol–water partition coefficient (Wildman–Crippen LogP) is 3.46. The molecular weight excluding hydrogens is 227 g/mol. The third-order valence-corrected chi connectivity index (χ3v) is 5.63. The second-order valence-corrected chi connectivity index (χ2v) is 6.54. The summed E-state index contributed by atoms with van der Waals surface area (Å²) in [6.45, 7) is 1.95. The summed E-state index contributed by atoms with van der Waals surface area (Å²) in [5.41, 5.74) is 1.55. The lowest BCUT2D eigenvalue weighted by atomic mass is 9.94. The molecule has 3 saturated carbocycles. The molecule has 0 spiro atoms. The Morgan fingerprint density at radius 2 is 1.89 bits per heavy atom. The van der Waals surface area contributed by atoms with E-state index >= 15 is 0 Å². The largest absolute Gasteiger partial charge is 0.388 e. The van der Waals surface area contributed by atoms with Gasteiger partial charge in [0, 0.05) is 5.56 Å². The molecule has 2 bridgehead atoms. The molecule has 5 unspecified atom stereocenters. The van der Waals surface area contributed by atoms with E-state index in [2.05, 4.69) is 0 Å². The van der Waals surface area contributed by atoms with Gasteiger partial charge >= 0.3 is 0 Å². The van der Waals surface area contributed by atoms with Crippen molar-refractivity contribution in [3.05, 3.63) is 35.1 Å². The lowest BCUT2D eigenvalue weighted by molar-refractivity contribution is 0.126. The summed E-state index contributed by atoms with van der Waals surface area (Å²) in [6.07, 6.45) is 3.47. The lowest BCUT2D eigenvalue weighted by Gasteiger charge is -2.16. The summed E-state index contributed by atoms with van der Waals surface area (Å²) in [5, 5.41) is 10.5. The Hall–Kier alpha value is -0.890. The van der Waals surface area contributed by atoms with E-state index in [1.165, 1.54) is 25.3 Å². The molecule has 0 heterocycles. The van der Waals surface area contributed by atoms with Crippen LogP contribution in [0.4, 0.5) is 4.39 Å². The Kier molecular flexibility index (Phi) is 2.18.